The Kier molecular flexibility index (Phi) is 3.50. The van der Waals surface area contributed by atoms with Gasteiger partial charge in [0.1, 0.15) is 0 Å². The third-order valence-electron chi connectivity index (χ3n) is 3.82. The van der Waals surface area contributed by atoms with Crippen LogP contribution in [0, 0.1) is 25.7 Å². The number of ketones is 1. The maximum Gasteiger partial charge on any atom is 0.307 e. The molecule has 2 rings (SSSR count). The maximum atomic E-state index is 12.4. The number of carbonyl (C=O) groups excluding carboxylic acids is 1. The molecule has 18 heavy (non-hydrogen) atoms. The van der Waals surface area contributed by atoms with Crippen molar-refractivity contribution in [3.05, 3.63) is 34.9 Å². The molecule has 2 atom stereocenters. The van der Waals surface area contributed by atoms with E-state index in [-0.39, 0.29) is 11.7 Å². The lowest BCUT2D eigenvalue weighted by Crippen LogP contribution is -2.25. The van der Waals surface area contributed by atoms with E-state index in [0.717, 1.165) is 17.5 Å². The van der Waals surface area contributed by atoms with E-state index < -0.39 is 11.9 Å². The Morgan fingerprint density at radius 1 is 1.17 bits per heavy atom. The average molecular weight is 246 g/mol. The van der Waals surface area contributed by atoms with Crippen LogP contribution in [0.3, 0.4) is 0 Å². The Morgan fingerprint density at radius 2 is 1.83 bits per heavy atom. The van der Waals surface area contributed by atoms with E-state index in [1.165, 1.54) is 0 Å². The van der Waals surface area contributed by atoms with Crippen LogP contribution in [0.15, 0.2) is 18.2 Å². The third kappa shape index (κ3) is 2.30. The van der Waals surface area contributed by atoms with Gasteiger partial charge in [-0.25, -0.2) is 0 Å². The highest BCUT2D eigenvalue weighted by molar-refractivity contribution is 6.01. The van der Waals surface area contributed by atoms with Crippen molar-refractivity contribution in [2.75, 3.05) is 0 Å². The molecule has 0 radical (unpaired) electrons. The van der Waals surface area contributed by atoms with Crippen molar-refractivity contribution in [1.29, 1.82) is 0 Å². The Labute approximate surface area is 107 Å². The Morgan fingerprint density at radius 3 is 2.44 bits per heavy atom. The van der Waals surface area contributed by atoms with Gasteiger partial charge in [-0.2, -0.15) is 0 Å². The van der Waals surface area contributed by atoms with E-state index in [0.29, 0.717) is 18.4 Å². The topological polar surface area (TPSA) is 54.4 Å². The van der Waals surface area contributed by atoms with E-state index in [2.05, 4.69) is 0 Å². The van der Waals surface area contributed by atoms with Crippen LogP contribution < -0.4 is 0 Å². The zero-order chi connectivity index (χ0) is 13.3. The molecule has 0 bridgehead atoms. The van der Waals surface area contributed by atoms with E-state index in [1.54, 1.807) is 0 Å². The Bertz CT molecular complexity index is 491. The van der Waals surface area contributed by atoms with E-state index >= 15 is 0 Å². The predicted octanol–water partition coefficient (Wildman–Crippen LogP) is 2.99. The molecule has 1 aliphatic rings. The van der Waals surface area contributed by atoms with Gasteiger partial charge >= 0.3 is 5.97 Å². The molecule has 3 nitrogen and oxygen atoms in total. The quantitative estimate of drug-likeness (QED) is 0.834. The molecule has 96 valence electrons. The molecule has 0 heterocycles. The summed E-state index contributed by atoms with van der Waals surface area (Å²) in [5.41, 5.74) is 2.74. The lowest BCUT2D eigenvalue weighted by atomic mass is 9.86. The van der Waals surface area contributed by atoms with Crippen LogP contribution in [0.5, 0.6) is 0 Å². The third-order valence-corrected chi connectivity index (χ3v) is 3.82. The molecule has 0 aromatic heterocycles. The molecule has 1 aromatic carbocycles. The molecular formula is C15H18O3. The van der Waals surface area contributed by atoms with Crippen LogP contribution in [0.4, 0.5) is 0 Å². The summed E-state index contributed by atoms with van der Waals surface area (Å²) in [5, 5.41) is 9.14. The number of hydrogen-bond acceptors (Lipinski definition) is 2. The number of carbonyl (C=O) groups is 2. The van der Waals surface area contributed by atoms with E-state index in [1.807, 2.05) is 32.0 Å². The van der Waals surface area contributed by atoms with Gasteiger partial charge in [0, 0.05) is 11.5 Å². The van der Waals surface area contributed by atoms with Crippen molar-refractivity contribution in [2.45, 2.75) is 33.1 Å². The van der Waals surface area contributed by atoms with Crippen molar-refractivity contribution in [3.8, 4) is 0 Å². The Balaban J connectivity index is 2.28. The summed E-state index contributed by atoms with van der Waals surface area (Å²) < 4.78 is 0. The number of carboxylic acids is 1. The molecule has 0 aliphatic heterocycles. The first-order valence-electron chi connectivity index (χ1n) is 6.35. The van der Waals surface area contributed by atoms with Crippen LogP contribution >= 0.6 is 0 Å². The van der Waals surface area contributed by atoms with Gasteiger partial charge in [0.05, 0.1) is 5.92 Å². The highest BCUT2D eigenvalue weighted by atomic mass is 16.4. The molecule has 3 heteroatoms. The highest BCUT2D eigenvalue weighted by Gasteiger charge is 2.38. The van der Waals surface area contributed by atoms with Gasteiger partial charge in [-0.1, -0.05) is 30.2 Å². The summed E-state index contributed by atoms with van der Waals surface area (Å²) in [4.78, 5) is 23.6. The largest absolute Gasteiger partial charge is 0.481 e. The number of aryl methyl sites for hydroxylation is 2. The monoisotopic (exact) mass is 246 g/mol. The molecule has 1 aromatic rings. The second-order valence-corrected chi connectivity index (χ2v) is 5.16. The second kappa shape index (κ2) is 4.92. The minimum absolute atomic E-state index is 0.00241. The van der Waals surface area contributed by atoms with Crippen molar-refractivity contribution in [2.24, 2.45) is 11.8 Å². The predicted molar refractivity (Wildman–Crippen MR) is 68.7 cm³/mol. The minimum atomic E-state index is -0.837. The van der Waals surface area contributed by atoms with E-state index in [9.17, 15) is 9.59 Å². The number of aliphatic carboxylic acids is 1. The van der Waals surface area contributed by atoms with E-state index in [4.69, 9.17) is 5.11 Å². The highest BCUT2D eigenvalue weighted by Crippen LogP contribution is 2.35. The molecule has 1 N–H and O–H groups in total. The Hall–Kier alpha value is -1.64. The zero-order valence-electron chi connectivity index (χ0n) is 10.8. The first-order chi connectivity index (χ1) is 8.50. The molecule has 1 aliphatic carbocycles. The number of benzene rings is 1. The summed E-state index contributed by atoms with van der Waals surface area (Å²) >= 11 is 0. The van der Waals surface area contributed by atoms with Gasteiger partial charge in [-0.05, 0) is 32.3 Å². The normalized spacial score (nSPS) is 23.0. The van der Waals surface area contributed by atoms with Gasteiger partial charge < -0.3 is 5.11 Å². The van der Waals surface area contributed by atoms with Crippen LogP contribution in [0.25, 0.3) is 0 Å². The summed E-state index contributed by atoms with van der Waals surface area (Å²) in [5.74, 6) is -1.69. The number of carboxylic acid groups (broad SMARTS) is 1. The molecule has 1 fully saturated rings. The van der Waals surface area contributed by atoms with Crippen LogP contribution in [0.1, 0.15) is 40.7 Å². The lowest BCUT2D eigenvalue weighted by Gasteiger charge is -2.16. The van der Waals surface area contributed by atoms with Crippen LogP contribution in [0.2, 0.25) is 0 Å². The summed E-state index contributed by atoms with van der Waals surface area (Å²) in [6, 6.07) is 5.70. The van der Waals surface area contributed by atoms with Crippen molar-refractivity contribution in [1.82, 2.24) is 0 Å². The van der Waals surface area contributed by atoms with Gasteiger partial charge in [0.25, 0.3) is 0 Å². The minimum Gasteiger partial charge on any atom is -0.481 e. The molecular weight excluding hydrogens is 228 g/mol. The fourth-order valence-corrected chi connectivity index (χ4v) is 2.86. The van der Waals surface area contributed by atoms with Crippen molar-refractivity contribution >= 4 is 11.8 Å². The fraction of sp³-hybridized carbons (Fsp3) is 0.467. The molecule has 1 saturated carbocycles. The zero-order valence-corrected chi connectivity index (χ0v) is 10.8. The van der Waals surface area contributed by atoms with Crippen molar-refractivity contribution in [3.63, 3.8) is 0 Å². The van der Waals surface area contributed by atoms with Gasteiger partial charge in [-0.3, -0.25) is 9.59 Å². The number of hydrogen-bond donors (Lipinski definition) is 1. The molecule has 0 spiro atoms. The van der Waals surface area contributed by atoms with Gasteiger partial charge in [0.2, 0.25) is 0 Å². The SMILES string of the molecule is Cc1ccc(C(=O)C2CCCC2C(=O)O)c(C)c1. The number of rotatable bonds is 3. The first-order valence-corrected chi connectivity index (χ1v) is 6.35. The van der Waals surface area contributed by atoms with Gasteiger partial charge in [0.15, 0.2) is 5.78 Å². The standard InChI is InChI=1S/C15H18O3/c1-9-6-7-11(10(2)8-9)14(16)12-4-3-5-13(12)15(17)18/h6-8,12-13H,3-5H2,1-2H3,(H,17,18). The molecule has 0 amide bonds. The van der Waals surface area contributed by atoms with Crippen LogP contribution in [-0.4, -0.2) is 16.9 Å². The average Bonchev–Trinajstić information content (AvgIpc) is 2.77. The summed E-state index contributed by atoms with van der Waals surface area (Å²) in [6.45, 7) is 3.89. The smallest absolute Gasteiger partial charge is 0.307 e. The summed E-state index contributed by atoms with van der Waals surface area (Å²) in [6.07, 6.45) is 2.15. The maximum absolute atomic E-state index is 12.4. The molecule has 2 unspecified atom stereocenters. The fourth-order valence-electron chi connectivity index (χ4n) is 2.86. The first kappa shape index (κ1) is 12.8. The summed E-state index contributed by atoms with van der Waals surface area (Å²) in [7, 11) is 0. The molecule has 0 saturated heterocycles. The van der Waals surface area contributed by atoms with Crippen molar-refractivity contribution < 1.29 is 14.7 Å². The number of Topliss-reactive ketones (excluding diaryl/α,β-unsaturated/α-hetero) is 1. The van der Waals surface area contributed by atoms with Gasteiger partial charge in [-0.15, -0.1) is 0 Å². The van der Waals surface area contributed by atoms with Crippen LogP contribution in [-0.2, 0) is 4.79 Å². The lowest BCUT2D eigenvalue weighted by molar-refractivity contribution is -0.142. The second-order valence-electron chi connectivity index (χ2n) is 5.16.